The van der Waals surface area contributed by atoms with E-state index in [0.717, 1.165) is 23.4 Å². The summed E-state index contributed by atoms with van der Waals surface area (Å²) < 4.78 is 38.9. The van der Waals surface area contributed by atoms with E-state index in [0.29, 0.717) is 17.3 Å². The average molecular weight is 435 g/mol. The highest BCUT2D eigenvalue weighted by Crippen LogP contribution is 2.31. The van der Waals surface area contributed by atoms with E-state index >= 15 is 0 Å². The van der Waals surface area contributed by atoms with Gasteiger partial charge in [-0.1, -0.05) is 30.7 Å². The zero-order valence-electron chi connectivity index (χ0n) is 15.9. The number of rotatable bonds is 5. The van der Waals surface area contributed by atoms with E-state index in [1.54, 1.807) is 24.4 Å². The number of nitrogens with zero attached hydrogens (tertiary/aromatic N) is 2. The van der Waals surface area contributed by atoms with Crippen LogP contribution in [0.2, 0.25) is 5.15 Å². The molecule has 0 radical (unpaired) electrons. The van der Waals surface area contributed by atoms with Gasteiger partial charge in [-0.2, -0.15) is 13.2 Å². The number of anilines is 2. The van der Waals surface area contributed by atoms with E-state index in [1.165, 1.54) is 12.3 Å². The fraction of sp³-hybridized carbons (Fsp3) is 0.190. The molecule has 2 aromatic carbocycles. The quantitative estimate of drug-likeness (QED) is 0.532. The van der Waals surface area contributed by atoms with Crippen LogP contribution in [0.25, 0.3) is 0 Å². The maximum absolute atomic E-state index is 13.0. The van der Waals surface area contributed by atoms with Crippen molar-refractivity contribution in [2.45, 2.75) is 25.4 Å². The number of carbonyl (C=O) groups is 1. The first-order valence-electron chi connectivity index (χ1n) is 8.97. The summed E-state index contributed by atoms with van der Waals surface area (Å²) in [6.07, 6.45) is -0.934. The molecule has 1 amide bonds. The zero-order chi connectivity index (χ0) is 21.9. The third kappa shape index (κ3) is 5.48. The Bertz CT molecular complexity index is 1070. The van der Waals surface area contributed by atoms with Gasteiger partial charge in [0.25, 0.3) is 5.91 Å². The molecule has 156 valence electrons. The average Bonchev–Trinajstić information content (AvgIpc) is 2.67. The Balaban J connectivity index is 1.76. The molecule has 9 heteroatoms. The van der Waals surface area contributed by atoms with Gasteiger partial charge in [-0.05, 0) is 48.2 Å². The highest BCUT2D eigenvalue weighted by molar-refractivity contribution is 6.29. The van der Waals surface area contributed by atoms with Crippen molar-refractivity contribution in [2.24, 2.45) is 0 Å². The Morgan fingerprint density at radius 3 is 2.67 bits per heavy atom. The Hall–Kier alpha value is -3.13. The number of carbonyl (C=O) groups excluding carboxylic acids is 1. The van der Waals surface area contributed by atoms with Crippen molar-refractivity contribution < 1.29 is 18.0 Å². The van der Waals surface area contributed by atoms with Crippen LogP contribution < -0.4 is 11.1 Å². The van der Waals surface area contributed by atoms with E-state index in [9.17, 15) is 18.0 Å². The lowest BCUT2D eigenvalue weighted by Gasteiger charge is -2.14. The number of nitrogens with one attached hydrogen (secondary N) is 1. The fourth-order valence-electron chi connectivity index (χ4n) is 2.98. The van der Waals surface area contributed by atoms with Crippen molar-refractivity contribution in [3.8, 4) is 0 Å². The second kappa shape index (κ2) is 8.71. The number of halogens is 4. The van der Waals surface area contributed by atoms with Gasteiger partial charge >= 0.3 is 6.18 Å². The zero-order valence-corrected chi connectivity index (χ0v) is 16.6. The van der Waals surface area contributed by atoms with Crippen LogP contribution in [0, 0.1) is 0 Å². The minimum Gasteiger partial charge on any atom is -0.399 e. The second-order valence-corrected chi connectivity index (χ2v) is 7.25. The first-order chi connectivity index (χ1) is 14.1. The number of benzene rings is 2. The van der Waals surface area contributed by atoms with Crippen LogP contribution in [-0.4, -0.2) is 15.9 Å². The predicted molar refractivity (Wildman–Crippen MR) is 109 cm³/mol. The third-order valence-electron chi connectivity index (χ3n) is 4.43. The van der Waals surface area contributed by atoms with Crippen LogP contribution in [0.4, 0.5) is 24.5 Å². The summed E-state index contributed by atoms with van der Waals surface area (Å²) >= 11 is 5.86. The number of nitrogen functional groups attached to an aromatic ring is 1. The molecule has 0 saturated heterocycles. The maximum Gasteiger partial charge on any atom is 0.416 e. The van der Waals surface area contributed by atoms with Gasteiger partial charge in [0.15, 0.2) is 0 Å². The smallest absolute Gasteiger partial charge is 0.399 e. The van der Waals surface area contributed by atoms with E-state index < -0.39 is 17.6 Å². The Kier molecular flexibility index (Phi) is 6.26. The van der Waals surface area contributed by atoms with Gasteiger partial charge in [0, 0.05) is 23.1 Å². The molecule has 3 rings (SSSR count). The van der Waals surface area contributed by atoms with Crippen molar-refractivity contribution in [1.29, 1.82) is 0 Å². The number of nitrogens with two attached hydrogens (primary N) is 1. The molecule has 30 heavy (non-hydrogen) atoms. The van der Waals surface area contributed by atoms with E-state index in [1.807, 2.05) is 13.0 Å². The number of hydrogen-bond donors (Lipinski definition) is 2. The van der Waals surface area contributed by atoms with Crippen LogP contribution in [0.1, 0.15) is 40.0 Å². The molecule has 0 unspecified atom stereocenters. The Morgan fingerprint density at radius 1 is 1.20 bits per heavy atom. The monoisotopic (exact) mass is 434 g/mol. The van der Waals surface area contributed by atoms with Gasteiger partial charge in [0.05, 0.1) is 17.5 Å². The standard InChI is InChI=1S/C21H18ClF3N4O/c1-12(5-18-10-27-11-19(22)28-18)13-3-2-4-17(8-13)29-20(30)14-6-15(21(23,24)25)9-16(26)7-14/h2-4,6-12H,5,26H2,1H3,(H,29,30)/t12-/m1/s1. The van der Waals surface area contributed by atoms with Crippen LogP contribution in [0.5, 0.6) is 0 Å². The SMILES string of the molecule is C[C@H](Cc1cncc(Cl)n1)c1cccc(NC(=O)c2cc(N)cc(C(F)(F)F)c2)c1. The summed E-state index contributed by atoms with van der Waals surface area (Å²) in [5.41, 5.74) is 6.35. The first kappa shape index (κ1) is 21.6. The van der Waals surface area contributed by atoms with Crippen LogP contribution >= 0.6 is 11.6 Å². The van der Waals surface area contributed by atoms with Gasteiger partial charge < -0.3 is 11.1 Å². The van der Waals surface area contributed by atoms with Gasteiger partial charge in [0.1, 0.15) is 5.15 Å². The lowest BCUT2D eigenvalue weighted by atomic mass is 9.96. The van der Waals surface area contributed by atoms with Crippen molar-refractivity contribution in [3.63, 3.8) is 0 Å². The molecular weight excluding hydrogens is 417 g/mol. The summed E-state index contributed by atoms with van der Waals surface area (Å²) in [4.78, 5) is 20.7. The second-order valence-electron chi connectivity index (χ2n) is 6.86. The van der Waals surface area contributed by atoms with Gasteiger partial charge in [0.2, 0.25) is 0 Å². The van der Waals surface area contributed by atoms with Gasteiger partial charge in [-0.15, -0.1) is 0 Å². The first-order valence-corrected chi connectivity index (χ1v) is 9.35. The molecule has 0 aliphatic rings. The number of amides is 1. The lowest BCUT2D eigenvalue weighted by molar-refractivity contribution is -0.137. The molecule has 0 aliphatic carbocycles. The summed E-state index contributed by atoms with van der Waals surface area (Å²) in [7, 11) is 0. The summed E-state index contributed by atoms with van der Waals surface area (Å²) in [5, 5.41) is 2.93. The highest BCUT2D eigenvalue weighted by atomic mass is 35.5. The summed E-state index contributed by atoms with van der Waals surface area (Å²) in [5.74, 6) is -0.642. The van der Waals surface area contributed by atoms with E-state index in [4.69, 9.17) is 17.3 Å². The highest BCUT2D eigenvalue weighted by Gasteiger charge is 2.31. The minimum atomic E-state index is -4.59. The molecule has 1 atom stereocenters. The molecule has 0 fully saturated rings. The molecule has 0 aliphatic heterocycles. The largest absolute Gasteiger partial charge is 0.416 e. The van der Waals surface area contributed by atoms with Crippen molar-refractivity contribution in [3.05, 3.63) is 82.4 Å². The summed E-state index contributed by atoms with van der Waals surface area (Å²) in [6.45, 7) is 1.98. The van der Waals surface area contributed by atoms with Crippen molar-refractivity contribution >= 4 is 28.9 Å². The van der Waals surface area contributed by atoms with E-state index in [-0.39, 0.29) is 17.2 Å². The normalized spacial score (nSPS) is 12.4. The topological polar surface area (TPSA) is 80.9 Å². The lowest BCUT2D eigenvalue weighted by Crippen LogP contribution is -2.15. The van der Waals surface area contributed by atoms with Crippen LogP contribution in [0.3, 0.4) is 0 Å². The molecule has 0 spiro atoms. The number of alkyl halides is 3. The van der Waals surface area contributed by atoms with Gasteiger partial charge in [-0.3, -0.25) is 9.78 Å². The Morgan fingerprint density at radius 2 is 1.97 bits per heavy atom. The molecule has 1 aromatic heterocycles. The van der Waals surface area contributed by atoms with E-state index in [2.05, 4.69) is 15.3 Å². The molecule has 3 aromatic rings. The fourth-order valence-corrected chi connectivity index (χ4v) is 3.15. The molecule has 0 bridgehead atoms. The molecule has 1 heterocycles. The minimum absolute atomic E-state index is 0.0406. The Labute approximate surface area is 176 Å². The van der Waals surface area contributed by atoms with Crippen LogP contribution in [0.15, 0.2) is 54.9 Å². The number of aromatic nitrogens is 2. The van der Waals surface area contributed by atoms with Gasteiger partial charge in [-0.25, -0.2) is 4.98 Å². The molecule has 0 saturated carbocycles. The van der Waals surface area contributed by atoms with Crippen molar-refractivity contribution in [2.75, 3.05) is 11.1 Å². The molecule has 5 nitrogen and oxygen atoms in total. The molecular formula is C21H18ClF3N4O. The van der Waals surface area contributed by atoms with Crippen LogP contribution in [-0.2, 0) is 12.6 Å². The maximum atomic E-state index is 13.0. The predicted octanol–water partition coefficient (Wildman–Crippen LogP) is 5.33. The number of hydrogen-bond acceptors (Lipinski definition) is 4. The summed E-state index contributed by atoms with van der Waals surface area (Å²) in [6, 6.07) is 9.83. The van der Waals surface area contributed by atoms with Crippen molar-refractivity contribution in [1.82, 2.24) is 9.97 Å². The third-order valence-corrected chi connectivity index (χ3v) is 4.61. The molecule has 3 N–H and O–H groups in total.